The van der Waals surface area contributed by atoms with Gasteiger partial charge in [0.15, 0.2) is 0 Å². The van der Waals surface area contributed by atoms with Crippen molar-refractivity contribution in [1.82, 2.24) is 5.32 Å². The summed E-state index contributed by atoms with van der Waals surface area (Å²) >= 11 is 0. The van der Waals surface area contributed by atoms with Gasteiger partial charge in [-0.3, -0.25) is 9.59 Å². The third-order valence-corrected chi connectivity index (χ3v) is 5.15. The summed E-state index contributed by atoms with van der Waals surface area (Å²) in [5.41, 5.74) is -1.92. The Balaban J connectivity index is 1.87. The fourth-order valence-electron chi connectivity index (χ4n) is 4.97. The average Bonchev–Trinajstić information content (AvgIpc) is 2.24. The third kappa shape index (κ3) is 1.98. The molecule has 0 aromatic rings. The Labute approximate surface area is 113 Å². The number of carboxylic acid groups (broad SMARTS) is 1. The smallest absolute Gasteiger partial charge is 0.471 e. The number of hydrogen-bond donors (Lipinski definition) is 2. The number of carbonyl (C=O) groups is 2. The van der Waals surface area contributed by atoms with E-state index < -0.39 is 29.0 Å². The van der Waals surface area contributed by atoms with Crippen LogP contribution in [0.5, 0.6) is 0 Å². The Morgan fingerprint density at radius 1 is 1.10 bits per heavy atom. The van der Waals surface area contributed by atoms with E-state index in [9.17, 15) is 27.9 Å². The van der Waals surface area contributed by atoms with Gasteiger partial charge in [0.05, 0.1) is 5.41 Å². The van der Waals surface area contributed by atoms with Crippen LogP contribution in [0.25, 0.3) is 0 Å². The van der Waals surface area contributed by atoms with E-state index in [2.05, 4.69) is 5.32 Å². The molecule has 20 heavy (non-hydrogen) atoms. The summed E-state index contributed by atoms with van der Waals surface area (Å²) in [5, 5.41) is 11.6. The minimum Gasteiger partial charge on any atom is -0.481 e. The quantitative estimate of drug-likeness (QED) is 0.818. The second-order valence-electron chi connectivity index (χ2n) is 6.78. The van der Waals surface area contributed by atoms with Crippen molar-refractivity contribution in [2.45, 2.75) is 50.2 Å². The zero-order valence-electron chi connectivity index (χ0n) is 10.8. The van der Waals surface area contributed by atoms with Crippen molar-refractivity contribution in [2.24, 2.45) is 17.3 Å². The van der Waals surface area contributed by atoms with Crippen LogP contribution in [-0.2, 0) is 9.59 Å². The molecule has 2 atom stereocenters. The second kappa shape index (κ2) is 3.89. The van der Waals surface area contributed by atoms with Gasteiger partial charge in [0.1, 0.15) is 0 Å². The predicted octanol–water partition coefficient (Wildman–Crippen LogP) is 2.09. The minimum atomic E-state index is -4.92. The van der Waals surface area contributed by atoms with Crippen LogP contribution in [0.3, 0.4) is 0 Å². The summed E-state index contributed by atoms with van der Waals surface area (Å²) in [6.07, 6.45) is -1.91. The molecule has 0 aliphatic heterocycles. The number of nitrogens with one attached hydrogen (secondary N) is 1. The Bertz CT molecular complexity index is 460. The largest absolute Gasteiger partial charge is 0.481 e. The highest BCUT2D eigenvalue weighted by Crippen LogP contribution is 2.61. The molecule has 0 heterocycles. The van der Waals surface area contributed by atoms with Gasteiger partial charge in [-0.05, 0) is 50.4 Å². The van der Waals surface area contributed by atoms with Crippen molar-refractivity contribution in [3.8, 4) is 0 Å². The van der Waals surface area contributed by atoms with Crippen LogP contribution in [0.2, 0.25) is 0 Å². The molecule has 1 amide bonds. The molecule has 0 aromatic heterocycles. The maximum atomic E-state index is 12.5. The molecule has 7 heteroatoms. The number of hydrogen-bond acceptors (Lipinski definition) is 2. The van der Waals surface area contributed by atoms with Crippen molar-refractivity contribution < 1.29 is 27.9 Å². The second-order valence-corrected chi connectivity index (χ2v) is 6.78. The lowest BCUT2D eigenvalue weighted by Gasteiger charge is -2.60. The first kappa shape index (κ1) is 13.7. The van der Waals surface area contributed by atoms with E-state index in [-0.39, 0.29) is 18.3 Å². The van der Waals surface area contributed by atoms with Crippen LogP contribution in [0, 0.1) is 17.3 Å². The molecule has 2 N–H and O–H groups in total. The highest BCUT2D eigenvalue weighted by molar-refractivity contribution is 5.83. The van der Waals surface area contributed by atoms with Crippen molar-refractivity contribution in [1.29, 1.82) is 0 Å². The van der Waals surface area contributed by atoms with Gasteiger partial charge in [-0.15, -0.1) is 0 Å². The van der Waals surface area contributed by atoms with Crippen LogP contribution in [0.15, 0.2) is 0 Å². The van der Waals surface area contributed by atoms with Gasteiger partial charge in [-0.25, -0.2) is 0 Å². The van der Waals surface area contributed by atoms with Crippen LogP contribution < -0.4 is 5.32 Å². The van der Waals surface area contributed by atoms with E-state index >= 15 is 0 Å². The SMILES string of the molecule is O=C(NC12CC3CC(C1)CC(C(=O)O)(C3)C2)C(F)(F)F. The van der Waals surface area contributed by atoms with Gasteiger partial charge < -0.3 is 10.4 Å². The summed E-state index contributed by atoms with van der Waals surface area (Å²) < 4.78 is 37.4. The third-order valence-electron chi connectivity index (χ3n) is 5.15. The molecule has 4 rings (SSSR count). The topological polar surface area (TPSA) is 66.4 Å². The van der Waals surface area contributed by atoms with Crippen molar-refractivity contribution in [3.63, 3.8) is 0 Å². The maximum Gasteiger partial charge on any atom is 0.471 e. The minimum absolute atomic E-state index is 0.112. The standard InChI is InChI=1S/C13H16F3NO3/c14-13(15,16)9(18)17-12-4-7-1-8(5-12)3-11(2-7,6-12)10(19)20/h7-8H,1-6H2,(H,17,18)(H,19,20). The molecule has 4 aliphatic carbocycles. The van der Waals surface area contributed by atoms with E-state index in [1.54, 1.807) is 0 Å². The normalized spacial score (nSPS) is 42.5. The van der Waals surface area contributed by atoms with Crippen LogP contribution in [0.1, 0.15) is 38.5 Å². The molecule has 4 bridgehead atoms. The lowest BCUT2D eigenvalue weighted by molar-refractivity contribution is -0.184. The molecule has 4 aliphatic rings. The molecule has 4 saturated carbocycles. The van der Waals surface area contributed by atoms with Gasteiger partial charge in [-0.2, -0.15) is 13.2 Å². The summed E-state index contributed by atoms with van der Waals surface area (Å²) in [4.78, 5) is 22.8. The number of halogens is 3. The highest BCUT2D eigenvalue weighted by Gasteiger charge is 2.62. The maximum absolute atomic E-state index is 12.5. The highest BCUT2D eigenvalue weighted by atomic mass is 19.4. The molecule has 0 aromatic carbocycles. The van der Waals surface area contributed by atoms with Gasteiger partial charge in [0, 0.05) is 5.54 Å². The number of aliphatic carboxylic acids is 1. The fourth-order valence-corrected chi connectivity index (χ4v) is 4.97. The molecular formula is C13H16F3NO3. The number of carboxylic acids is 1. The summed E-state index contributed by atoms with van der Waals surface area (Å²) in [6, 6.07) is 0. The van der Waals surface area contributed by atoms with E-state index in [0.29, 0.717) is 25.7 Å². The van der Waals surface area contributed by atoms with Gasteiger partial charge >= 0.3 is 18.1 Å². The van der Waals surface area contributed by atoms with E-state index in [0.717, 1.165) is 6.42 Å². The van der Waals surface area contributed by atoms with Gasteiger partial charge in [0.25, 0.3) is 0 Å². The molecular weight excluding hydrogens is 275 g/mol. The predicted molar refractivity (Wildman–Crippen MR) is 61.7 cm³/mol. The number of alkyl halides is 3. The zero-order valence-corrected chi connectivity index (χ0v) is 10.8. The molecule has 2 unspecified atom stereocenters. The van der Waals surface area contributed by atoms with Crippen molar-refractivity contribution in [2.75, 3.05) is 0 Å². The average molecular weight is 291 g/mol. The zero-order chi connectivity index (χ0) is 14.8. The van der Waals surface area contributed by atoms with Gasteiger partial charge in [0.2, 0.25) is 0 Å². The monoisotopic (exact) mass is 291 g/mol. The Kier molecular flexibility index (Phi) is 2.66. The van der Waals surface area contributed by atoms with Crippen LogP contribution in [-0.4, -0.2) is 28.7 Å². The Morgan fingerprint density at radius 2 is 1.65 bits per heavy atom. The Morgan fingerprint density at radius 3 is 2.10 bits per heavy atom. The first-order chi connectivity index (χ1) is 9.14. The first-order valence-electron chi connectivity index (χ1n) is 6.77. The number of amides is 1. The molecule has 0 radical (unpaired) electrons. The van der Waals surface area contributed by atoms with E-state index in [4.69, 9.17) is 0 Å². The Hall–Kier alpha value is -1.27. The molecule has 112 valence electrons. The van der Waals surface area contributed by atoms with E-state index in [1.165, 1.54) is 0 Å². The summed E-state index contributed by atoms with van der Waals surface area (Å²) in [5.74, 6) is -2.65. The van der Waals surface area contributed by atoms with Crippen molar-refractivity contribution >= 4 is 11.9 Å². The van der Waals surface area contributed by atoms with E-state index in [1.807, 2.05) is 0 Å². The molecule has 0 spiro atoms. The summed E-state index contributed by atoms with van der Waals surface area (Å²) in [6.45, 7) is 0. The lowest BCUT2D eigenvalue weighted by Crippen LogP contribution is -2.66. The molecule has 4 fully saturated rings. The van der Waals surface area contributed by atoms with Crippen LogP contribution in [0.4, 0.5) is 13.2 Å². The fraction of sp³-hybridized carbons (Fsp3) is 0.846. The summed E-state index contributed by atoms with van der Waals surface area (Å²) in [7, 11) is 0. The molecule has 0 saturated heterocycles. The number of rotatable bonds is 2. The number of carbonyl (C=O) groups excluding carboxylic acids is 1. The lowest BCUT2D eigenvalue weighted by atomic mass is 9.47. The van der Waals surface area contributed by atoms with Gasteiger partial charge in [-0.1, -0.05) is 0 Å². The molecule has 4 nitrogen and oxygen atoms in total. The first-order valence-corrected chi connectivity index (χ1v) is 6.77. The van der Waals surface area contributed by atoms with Crippen molar-refractivity contribution in [3.05, 3.63) is 0 Å². The van der Waals surface area contributed by atoms with Crippen LogP contribution >= 0.6 is 0 Å².